The Hall–Kier alpha value is -0.600. The number of hydrogen-bond acceptors (Lipinski definition) is 1. The van der Waals surface area contributed by atoms with E-state index in [0.717, 1.165) is 0 Å². The van der Waals surface area contributed by atoms with E-state index in [1.54, 1.807) is 6.08 Å². The second kappa shape index (κ2) is 5.54. The van der Waals surface area contributed by atoms with E-state index in [9.17, 15) is 5.11 Å². The predicted molar refractivity (Wildman–Crippen MR) is 35.7 cm³/mol. The summed E-state index contributed by atoms with van der Waals surface area (Å²) in [4.78, 5) is 0. The van der Waals surface area contributed by atoms with Crippen molar-refractivity contribution in [3.63, 3.8) is 0 Å². The number of hydrogen-bond donors (Lipinski definition) is 0. The quantitative estimate of drug-likeness (QED) is 0.510. The molecule has 2 heteroatoms. The van der Waals surface area contributed by atoms with Gasteiger partial charge in [0.15, 0.2) is 0 Å². The first kappa shape index (κ1) is 8.40. The van der Waals surface area contributed by atoms with Gasteiger partial charge in [-0.3, -0.25) is 0 Å². The summed E-state index contributed by atoms with van der Waals surface area (Å²) in [6, 6.07) is 0. The monoisotopic (exact) mass is 127 g/mol. The van der Waals surface area contributed by atoms with Gasteiger partial charge in [-0.15, -0.1) is 13.2 Å². The standard InChI is InChI=1S/C7H11O2/c1-3-5-9-7(4-2)6-8/h3-4,7H,1-2,5-6H2. The number of ether oxygens (including phenoxy) is 1. The minimum atomic E-state index is -0.358. The van der Waals surface area contributed by atoms with Crippen molar-refractivity contribution in [2.75, 3.05) is 13.2 Å². The Bertz CT molecular complexity index is 88.9. The van der Waals surface area contributed by atoms with Crippen molar-refractivity contribution in [2.24, 2.45) is 0 Å². The van der Waals surface area contributed by atoms with E-state index in [1.807, 2.05) is 0 Å². The molecular formula is C7H11O2. The first-order valence-electron chi connectivity index (χ1n) is 2.78. The summed E-state index contributed by atoms with van der Waals surface area (Å²) in [6.07, 6.45) is 2.74. The molecule has 0 heterocycles. The van der Waals surface area contributed by atoms with Gasteiger partial charge >= 0.3 is 0 Å². The maximum absolute atomic E-state index is 10.1. The van der Waals surface area contributed by atoms with Gasteiger partial charge in [0.25, 0.3) is 0 Å². The predicted octanol–water partition coefficient (Wildman–Crippen LogP) is 1.17. The molecule has 0 saturated heterocycles. The molecule has 0 aliphatic rings. The van der Waals surface area contributed by atoms with Crippen LogP contribution in [0.5, 0.6) is 0 Å². The molecule has 0 aromatic carbocycles. The zero-order chi connectivity index (χ0) is 7.11. The van der Waals surface area contributed by atoms with Crippen molar-refractivity contribution in [2.45, 2.75) is 6.10 Å². The highest BCUT2D eigenvalue weighted by molar-refractivity contribution is 4.80. The Morgan fingerprint density at radius 3 is 2.56 bits per heavy atom. The molecule has 51 valence electrons. The Morgan fingerprint density at radius 2 is 2.22 bits per heavy atom. The van der Waals surface area contributed by atoms with E-state index in [4.69, 9.17) is 4.74 Å². The van der Waals surface area contributed by atoms with Gasteiger partial charge < -0.3 is 4.74 Å². The van der Waals surface area contributed by atoms with Crippen LogP contribution in [-0.4, -0.2) is 19.3 Å². The summed E-state index contributed by atoms with van der Waals surface area (Å²) < 4.78 is 4.94. The zero-order valence-corrected chi connectivity index (χ0v) is 5.38. The van der Waals surface area contributed by atoms with Gasteiger partial charge in [0.1, 0.15) is 12.7 Å². The minimum absolute atomic E-state index is 0.267. The van der Waals surface area contributed by atoms with Crippen LogP contribution in [0.25, 0.3) is 0 Å². The Kier molecular flexibility index (Phi) is 5.17. The van der Waals surface area contributed by atoms with Crippen LogP contribution in [0.15, 0.2) is 25.3 Å². The summed E-state index contributed by atoms with van der Waals surface area (Å²) in [5.41, 5.74) is 0. The average molecular weight is 127 g/mol. The first-order chi connectivity index (χ1) is 4.35. The Morgan fingerprint density at radius 1 is 1.56 bits per heavy atom. The molecule has 1 unspecified atom stereocenters. The summed E-state index contributed by atoms with van der Waals surface area (Å²) in [5, 5.41) is 10.1. The molecule has 0 bridgehead atoms. The highest BCUT2D eigenvalue weighted by atomic mass is 16.5. The lowest BCUT2D eigenvalue weighted by Gasteiger charge is -2.05. The van der Waals surface area contributed by atoms with Gasteiger partial charge in [-0.05, 0) is 0 Å². The second-order valence-electron chi connectivity index (χ2n) is 1.56. The van der Waals surface area contributed by atoms with E-state index in [1.165, 1.54) is 6.08 Å². The molecule has 0 aliphatic carbocycles. The third kappa shape index (κ3) is 3.94. The maximum atomic E-state index is 10.1. The van der Waals surface area contributed by atoms with E-state index in [0.29, 0.717) is 6.61 Å². The van der Waals surface area contributed by atoms with Gasteiger partial charge in [-0.25, -0.2) is 5.11 Å². The molecule has 2 nitrogen and oxygen atoms in total. The van der Waals surface area contributed by atoms with Crippen molar-refractivity contribution in [1.82, 2.24) is 0 Å². The molecule has 0 aliphatic heterocycles. The van der Waals surface area contributed by atoms with E-state index >= 15 is 0 Å². The summed E-state index contributed by atoms with van der Waals surface area (Å²) in [5.74, 6) is 0. The summed E-state index contributed by atoms with van der Waals surface area (Å²) >= 11 is 0. The van der Waals surface area contributed by atoms with Crippen molar-refractivity contribution in [1.29, 1.82) is 0 Å². The van der Waals surface area contributed by atoms with E-state index in [2.05, 4.69) is 13.2 Å². The lowest BCUT2D eigenvalue weighted by Crippen LogP contribution is -2.13. The summed E-state index contributed by atoms with van der Waals surface area (Å²) in [7, 11) is 0. The number of rotatable bonds is 5. The highest BCUT2D eigenvalue weighted by Crippen LogP contribution is 1.90. The normalized spacial score (nSPS) is 12.6. The maximum Gasteiger partial charge on any atom is 0.112 e. The van der Waals surface area contributed by atoms with Crippen LogP contribution in [0, 0.1) is 0 Å². The van der Waals surface area contributed by atoms with Gasteiger partial charge in [-0.2, -0.15) is 0 Å². The van der Waals surface area contributed by atoms with E-state index < -0.39 is 0 Å². The Balaban J connectivity index is 3.30. The molecule has 9 heavy (non-hydrogen) atoms. The van der Waals surface area contributed by atoms with Crippen LogP contribution < -0.4 is 0 Å². The van der Waals surface area contributed by atoms with Gasteiger partial charge in [0.05, 0.1) is 6.61 Å². The van der Waals surface area contributed by atoms with Gasteiger partial charge in [0, 0.05) is 0 Å². The van der Waals surface area contributed by atoms with Crippen molar-refractivity contribution in [3.05, 3.63) is 25.3 Å². The molecule has 0 N–H and O–H groups in total. The molecule has 1 radical (unpaired) electrons. The van der Waals surface area contributed by atoms with Crippen molar-refractivity contribution >= 4 is 0 Å². The van der Waals surface area contributed by atoms with Crippen LogP contribution in [0.1, 0.15) is 0 Å². The molecule has 0 rings (SSSR count). The molecule has 0 spiro atoms. The zero-order valence-electron chi connectivity index (χ0n) is 5.38. The largest absolute Gasteiger partial charge is 0.368 e. The molecule has 0 aromatic rings. The lowest BCUT2D eigenvalue weighted by molar-refractivity contribution is 0.0324. The van der Waals surface area contributed by atoms with Gasteiger partial charge in [-0.1, -0.05) is 12.2 Å². The van der Waals surface area contributed by atoms with Crippen LogP contribution >= 0.6 is 0 Å². The lowest BCUT2D eigenvalue weighted by atomic mass is 10.4. The third-order valence-electron chi connectivity index (χ3n) is 0.855. The fraction of sp³-hybridized carbons (Fsp3) is 0.429. The van der Waals surface area contributed by atoms with Crippen LogP contribution in [-0.2, 0) is 9.84 Å². The molecule has 0 aromatic heterocycles. The van der Waals surface area contributed by atoms with Crippen LogP contribution in [0.4, 0.5) is 0 Å². The van der Waals surface area contributed by atoms with E-state index in [-0.39, 0.29) is 12.7 Å². The van der Waals surface area contributed by atoms with Gasteiger partial charge in [0.2, 0.25) is 0 Å². The molecule has 1 atom stereocenters. The average Bonchev–Trinajstić information content (AvgIpc) is 1.91. The molecular weight excluding hydrogens is 116 g/mol. The van der Waals surface area contributed by atoms with Crippen LogP contribution in [0.2, 0.25) is 0 Å². The topological polar surface area (TPSA) is 29.1 Å². The SMILES string of the molecule is C=CCOC(C=C)C[O]. The Labute approximate surface area is 55.5 Å². The van der Waals surface area contributed by atoms with Crippen LogP contribution in [0.3, 0.4) is 0 Å². The molecule has 0 saturated carbocycles. The van der Waals surface area contributed by atoms with Crippen molar-refractivity contribution < 1.29 is 9.84 Å². The van der Waals surface area contributed by atoms with Crippen molar-refractivity contribution in [3.8, 4) is 0 Å². The highest BCUT2D eigenvalue weighted by Gasteiger charge is 1.99. The first-order valence-corrected chi connectivity index (χ1v) is 2.78. The smallest absolute Gasteiger partial charge is 0.112 e. The fourth-order valence-corrected chi connectivity index (χ4v) is 0.376. The fourth-order valence-electron chi connectivity index (χ4n) is 0.376. The third-order valence-corrected chi connectivity index (χ3v) is 0.855. The second-order valence-corrected chi connectivity index (χ2v) is 1.56. The summed E-state index contributed by atoms with van der Waals surface area (Å²) in [6.45, 7) is 7.01. The molecule has 0 amide bonds. The molecule has 0 fully saturated rings. The minimum Gasteiger partial charge on any atom is -0.368 e.